The maximum Gasteiger partial charge on any atom is 0.386 e. The first kappa shape index (κ1) is 10.0. The molecule has 0 N–H and O–H groups in total. The highest BCUT2D eigenvalue weighted by molar-refractivity contribution is 7.39. The van der Waals surface area contributed by atoms with Crippen molar-refractivity contribution in [2.75, 3.05) is 7.11 Å². The molecule has 5 heteroatoms. The van der Waals surface area contributed by atoms with Gasteiger partial charge >= 0.3 is 5.54 Å². The first-order chi connectivity index (χ1) is 5.65. The second kappa shape index (κ2) is 4.26. The molecule has 0 aliphatic heterocycles. The van der Waals surface area contributed by atoms with Crippen LogP contribution in [0.15, 0.2) is 18.2 Å². The summed E-state index contributed by atoms with van der Waals surface area (Å²) in [4.78, 5) is 0. The number of halogens is 3. The van der Waals surface area contributed by atoms with E-state index in [1.54, 1.807) is 25.3 Å². The Hall–Kier alpha value is -0.0451. The Morgan fingerprint density at radius 3 is 2.50 bits per heavy atom. The molecular formula is C7H6BCl3O. The lowest BCUT2D eigenvalue weighted by atomic mass is 9.92. The molecule has 0 aliphatic carbocycles. The molecule has 0 spiro atoms. The summed E-state index contributed by atoms with van der Waals surface area (Å²) < 4.78 is 5.03. The van der Waals surface area contributed by atoms with Crippen LogP contribution in [0.3, 0.4) is 0 Å². The molecule has 0 fully saturated rings. The van der Waals surface area contributed by atoms with Crippen LogP contribution in [-0.4, -0.2) is 12.7 Å². The zero-order chi connectivity index (χ0) is 9.14. The van der Waals surface area contributed by atoms with Crippen LogP contribution in [0.4, 0.5) is 0 Å². The zero-order valence-electron chi connectivity index (χ0n) is 6.35. The second-order valence-corrected chi connectivity index (χ2v) is 3.72. The Bertz CT molecular complexity index is 277. The SMILES string of the molecule is COc1ccc(Cl)cc1B(Cl)Cl. The minimum Gasteiger partial charge on any atom is -0.497 e. The van der Waals surface area contributed by atoms with Crippen LogP contribution in [0, 0.1) is 0 Å². The van der Waals surface area contributed by atoms with E-state index < -0.39 is 5.54 Å². The molecule has 0 atom stereocenters. The highest BCUT2D eigenvalue weighted by atomic mass is 35.5. The van der Waals surface area contributed by atoms with Crippen LogP contribution in [0.1, 0.15) is 0 Å². The van der Waals surface area contributed by atoms with Gasteiger partial charge in [0, 0.05) is 5.02 Å². The van der Waals surface area contributed by atoms with E-state index >= 15 is 0 Å². The van der Waals surface area contributed by atoms with Crippen molar-refractivity contribution < 1.29 is 4.74 Å². The van der Waals surface area contributed by atoms with E-state index in [4.69, 9.17) is 39.3 Å². The fraction of sp³-hybridized carbons (Fsp3) is 0.143. The molecule has 0 saturated heterocycles. The summed E-state index contributed by atoms with van der Waals surface area (Å²) in [7, 11) is 1.56. The smallest absolute Gasteiger partial charge is 0.386 e. The van der Waals surface area contributed by atoms with Crippen molar-refractivity contribution in [2.24, 2.45) is 0 Å². The van der Waals surface area contributed by atoms with E-state index in [0.717, 1.165) is 0 Å². The molecule has 1 aromatic rings. The molecule has 0 unspecified atom stereocenters. The van der Waals surface area contributed by atoms with Crippen molar-refractivity contribution >= 4 is 45.5 Å². The lowest BCUT2D eigenvalue weighted by molar-refractivity contribution is 0.418. The van der Waals surface area contributed by atoms with Crippen molar-refractivity contribution in [2.45, 2.75) is 0 Å². The second-order valence-electron chi connectivity index (χ2n) is 2.19. The van der Waals surface area contributed by atoms with Crippen LogP contribution >= 0.6 is 34.5 Å². The van der Waals surface area contributed by atoms with Crippen molar-refractivity contribution in [3.63, 3.8) is 0 Å². The van der Waals surface area contributed by atoms with Crippen molar-refractivity contribution in [3.05, 3.63) is 23.2 Å². The van der Waals surface area contributed by atoms with Crippen molar-refractivity contribution in [3.8, 4) is 5.75 Å². The largest absolute Gasteiger partial charge is 0.497 e. The first-order valence-electron chi connectivity index (χ1n) is 3.26. The molecule has 1 nitrogen and oxygen atoms in total. The van der Waals surface area contributed by atoms with E-state index in [9.17, 15) is 0 Å². The lowest BCUT2D eigenvalue weighted by Crippen LogP contribution is -2.20. The van der Waals surface area contributed by atoms with Gasteiger partial charge in [-0.05, 0) is 23.7 Å². The van der Waals surface area contributed by atoms with Crippen molar-refractivity contribution in [1.29, 1.82) is 0 Å². The van der Waals surface area contributed by atoms with Crippen molar-refractivity contribution in [1.82, 2.24) is 0 Å². The lowest BCUT2D eigenvalue weighted by Gasteiger charge is -2.06. The summed E-state index contributed by atoms with van der Waals surface area (Å²) in [5.41, 5.74) is 0.0759. The van der Waals surface area contributed by atoms with Gasteiger partial charge in [0.25, 0.3) is 0 Å². The number of hydrogen-bond acceptors (Lipinski definition) is 1. The zero-order valence-corrected chi connectivity index (χ0v) is 8.62. The van der Waals surface area contributed by atoms with E-state index in [2.05, 4.69) is 0 Å². The van der Waals surface area contributed by atoms with Gasteiger partial charge in [0.15, 0.2) is 0 Å². The Kier molecular flexibility index (Phi) is 3.57. The van der Waals surface area contributed by atoms with E-state index in [1.165, 1.54) is 0 Å². The Morgan fingerprint density at radius 1 is 1.33 bits per heavy atom. The third-order valence-corrected chi connectivity index (χ3v) is 2.13. The number of benzene rings is 1. The molecular weight excluding hydrogens is 217 g/mol. The molecule has 0 bridgehead atoms. The molecule has 12 heavy (non-hydrogen) atoms. The quantitative estimate of drug-likeness (QED) is 0.700. The third kappa shape index (κ3) is 2.22. The minimum absolute atomic E-state index is 0.595. The predicted octanol–water partition coefficient (Wildman–Crippen LogP) is 2.52. The monoisotopic (exact) mass is 222 g/mol. The normalized spacial score (nSPS) is 9.67. The van der Waals surface area contributed by atoms with Crippen LogP contribution in [-0.2, 0) is 0 Å². The summed E-state index contributed by atoms with van der Waals surface area (Å²) in [5.74, 6) is 0.648. The predicted molar refractivity (Wildman–Crippen MR) is 55.1 cm³/mol. The molecule has 0 aliphatic rings. The van der Waals surface area contributed by atoms with E-state index in [0.29, 0.717) is 16.2 Å². The Morgan fingerprint density at radius 2 is 2.00 bits per heavy atom. The molecule has 0 aromatic heterocycles. The number of rotatable bonds is 2. The van der Waals surface area contributed by atoms with Gasteiger partial charge in [0.05, 0.1) is 7.11 Å². The van der Waals surface area contributed by atoms with E-state index in [1.807, 2.05) is 0 Å². The summed E-state index contributed by atoms with van der Waals surface area (Å²) in [6, 6.07) is 5.14. The van der Waals surface area contributed by atoms with Gasteiger partial charge in [-0.15, -0.1) is 0 Å². The van der Waals surface area contributed by atoms with Gasteiger partial charge in [0.2, 0.25) is 0 Å². The summed E-state index contributed by atoms with van der Waals surface area (Å²) in [6.07, 6.45) is 0. The molecule has 1 rings (SSSR count). The van der Waals surface area contributed by atoms with Gasteiger partial charge < -0.3 is 4.74 Å². The van der Waals surface area contributed by atoms with Crippen LogP contribution in [0.2, 0.25) is 5.02 Å². The molecule has 0 amide bonds. The number of hydrogen-bond donors (Lipinski definition) is 0. The highest BCUT2D eigenvalue weighted by Crippen LogP contribution is 2.16. The Labute approximate surface area is 86.5 Å². The van der Waals surface area contributed by atoms with E-state index in [-0.39, 0.29) is 0 Å². The average molecular weight is 223 g/mol. The van der Waals surface area contributed by atoms with Gasteiger partial charge in [-0.1, -0.05) is 11.6 Å². The highest BCUT2D eigenvalue weighted by Gasteiger charge is 2.15. The maximum atomic E-state index is 5.75. The molecule has 0 radical (unpaired) electrons. The first-order valence-corrected chi connectivity index (χ1v) is 4.52. The summed E-state index contributed by atoms with van der Waals surface area (Å²) >= 11 is 17.1. The van der Waals surface area contributed by atoms with Gasteiger partial charge in [-0.25, -0.2) is 0 Å². The molecule has 1 aromatic carbocycles. The molecule has 64 valence electrons. The number of ether oxygens (including phenoxy) is 1. The fourth-order valence-corrected chi connectivity index (χ4v) is 1.40. The Balaban J connectivity index is 3.12. The maximum absolute atomic E-state index is 5.75. The van der Waals surface area contributed by atoms with Crippen LogP contribution in [0.25, 0.3) is 0 Å². The van der Waals surface area contributed by atoms with Gasteiger partial charge in [-0.3, -0.25) is 0 Å². The van der Waals surface area contributed by atoms with Gasteiger partial charge in [0.1, 0.15) is 5.75 Å². The van der Waals surface area contributed by atoms with Crippen LogP contribution < -0.4 is 10.2 Å². The summed E-state index contributed by atoms with van der Waals surface area (Å²) in [6.45, 7) is 0. The molecule has 0 saturated carbocycles. The van der Waals surface area contributed by atoms with Gasteiger partial charge in [-0.2, -0.15) is 22.9 Å². The fourth-order valence-electron chi connectivity index (χ4n) is 0.876. The average Bonchev–Trinajstić information content (AvgIpc) is 2.04. The topological polar surface area (TPSA) is 9.23 Å². The van der Waals surface area contributed by atoms with Crippen LogP contribution in [0.5, 0.6) is 5.75 Å². The summed E-state index contributed by atoms with van der Waals surface area (Å²) in [5, 5.41) is 0.595. The minimum atomic E-state index is -0.612. The molecule has 0 heterocycles. The number of methoxy groups -OCH3 is 1. The third-order valence-electron chi connectivity index (χ3n) is 1.43. The standard InChI is InChI=1S/C7H6BCl3O/c1-12-7-3-2-5(9)4-6(7)8(10)11/h2-4H,1H3.